The summed E-state index contributed by atoms with van der Waals surface area (Å²) in [6.45, 7) is 3.49. The highest BCUT2D eigenvalue weighted by Gasteiger charge is 2.49. The van der Waals surface area contributed by atoms with E-state index in [-0.39, 0.29) is 36.2 Å². The number of anilines is 1. The van der Waals surface area contributed by atoms with Gasteiger partial charge in [0, 0.05) is 17.6 Å². The first-order chi connectivity index (χ1) is 11.4. The third kappa shape index (κ3) is 3.05. The number of imide groups is 1. The van der Waals surface area contributed by atoms with Crippen LogP contribution in [0.2, 0.25) is 5.02 Å². The fourth-order valence-corrected chi connectivity index (χ4v) is 3.93. The minimum Gasteiger partial charge on any atom is -0.294 e. The minimum absolute atomic E-state index is 0.0469. The maximum absolute atomic E-state index is 12.7. The lowest BCUT2D eigenvalue weighted by Gasteiger charge is -2.26. The van der Waals surface area contributed by atoms with Crippen molar-refractivity contribution in [3.8, 4) is 0 Å². The van der Waals surface area contributed by atoms with Crippen LogP contribution in [0.4, 0.5) is 5.69 Å². The monoisotopic (exact) mass is 348 g/mol. The summed E-state index contributed by atoms with van der Waals surface area (Å²) < 4.78 is 0. The van der Waals surface area contributed by atoms with Crippen LogP contribution in [0.25, 0.3) is 0 Å². The summed E-state index contributed by atoms with van der Waals surface area (Å²) in [6.07, 6.45) is 2.48. The molecular weight excluding hydrogens is 328 g/mol. The fourth-order valence-electron chi connectivity index (χ4n) is 3.75. The highest BCUT2D eigenvalue weighted by atomic mass is 35.5. The summed E-state index contributed by atoms with van der Waals surface area (Å²) in [5.41, 5.74) is 0.582. The number of rotatable bonds is 3. The Kier molecular flexibility index (Phi) is 4.63. The lowest BCUT2D eigenvalue weighted by atomic mass is 9.76. The van der Waals surface area contributed by atoms with Crippen molar-refractivity contribution in [3.63, 3.8) is 0 Å². The number of carbonyl (C=O) groups excluding carboxylic acids is 3. The van der Waals surface area contributed by atoms with Gasteiger partial charge < -0.3 is 0 Å². The van der Waals surface area contributed by atoms with Gasteiger partial charge in [-0.3, -0.25) is 24.2 Å². The topological polar surface area (TPSA) is 57.7 Å². The third-order valence-corrected chi connectivity index (χ3v) is 5.30. The van der Waals surface area contributed by atoms with E-state index in [4.69, 9.17) is 11.6 Å². The molecule has 0 bridgehead atoms. The average Bonchev–Trinajstić information content (AvgIpc) is 2.76. The predicted octanol–water partition coefficient (Wildman–Crippen LogP) is 3.07. The van der Waals surface area contributed by atoms with Crippen molar-refractivity contribution < 1.29 is 14.4 Å². The molecule has 1 saturated carbocycles. The van der Waals surface area contributed by atoms with Crippen LogP contribution in [-0.4, -0.2) is 29.3 Å². The second kappa shape index (κ2) is 6.55. The highest BCUT2D eigenvalue weighted by molar-refractivity contribution is 6.30. The van der Waals surface area contributed by atoms with Crippen molar-refractivity contribution in [3.05, 3.63) is 29.3 Å². The molecular formula is C18H21ClN2O3. The van der Waals surface area contributed by atoms with Crippen LogP contribution in [0.1, 0.15) is 33.1 Å². The van der Waals surface area contributed by atoms with Crippen LogP contribution in [0, 0.1) is 17.8 Å². The van der Waals surface area contributed by atoms with Gasteiger partial charge in [0.1, 0.15) is 6.67 Å². The third-order valence-electron chi connectivity index (χ3n) is 5.06. The zero-order valence-electron chi connectivity index (χ0n) is 13.9. The van der Waals surface area contributed by atoms with E-state index in [2.05, 4.69) is 6.92 Å². The normalized spacial score (nSPS) is 26.5. The van der Waals surface area contributed by atoms with Gasteiger partial charge in [-0.15, -0.1) is 0 Å². The van der Waals surface area contributed by atoms with Crippen molar-refractivity contribution in [1.29, 1.82) is 0 Å². The van der Waals surface area contributed by atoms with Gasteiger partial charge >= 0.3 is 0 Å². The number of carbonyl (C=O) groups is 3. The Labute approximate surface area is 146 Å². The Morgan fingerprint density at radius 1 is 1.25 bits per heavy atom. The Bertz CT molecular complexity index is 691. The zero-order chi connectivity index (χ0) is 17.4. The molecule has 1 aliphatic carbocycles. The number of benzene rings is 1. The summed E-state index contributed by atoms with van der Waals surface area (Å²) in [7, 11) is 0. The number of hydrogen-bond acceptors (Lipinski definition) is 3. The molecule has 1 saturated heterocycles. The molecule has 5 nitrogen and oxygen atoms in total. The van der Waals surface area contributed by atoms with Crippen molar-refractivity contribution in [2.45, 2.75) is 33.1 Å². The van der Waals surface area contributed by atoms with Gasteiger partial charge in [0.05, 0.1) is 11.8 Å². The van der Waals surface area contributed by atoms with E-state index < -0.39 is 0 Å². The molecule has 0 unspecified atom stereocenters. The van der Waals surface area contributed by atoms with Crippen LogP contribution >= 0.6 is 11.6 Å². The molecule has 0 N–H and O–H groups in total. The fraction of sp³-hybridized carbons (Fsp3) is 0.500. The van der Waals surface area contributed by atoms with Gasteiger partial charge in [0.2, 0.25) is 17.7 Å². The Balaban J connectivity index is 1.84. The van der Waals surface area contributed by atoms with E-state index in [9.17, 15) is 14.4 Å². The SMILES string of the molecule is CC(=O)N(CN1C(=O)[C@@H]2CC[C@@H](C)C[C@H]2C1=O)c1cccc(Cl)c1. The van der Waals surface area contributed by atoms with E-state index in [1.165, 1.54) is 16.7 Å². The van der Waals surface area contributed by atoms with Crippen LogP contribution in [0.15, 0.2) is 24.3 Å². The largest absolute Gasteiger partial charge is 0.294 e. The van der Waals surface area contributed by atoms with Crippen molar-refractivity contribution >= 4 is 35.0 Å². The molecule has 24 heavy (non-hydrogen) atoms. The second-order valence-electron chi connectivity index (χ2n) is 6.80. The first kappa shape index (κ1) is 17.0. The first-order valence-corrected chi connectivity index (χ1v) is 8.65. The molecule has 0 spiro atoms. The molecule has 2 aliphatic rings. The summed E-state index contributed by atoms with van der Waals surface area (Å²) >= 11 is 6.00. The van der Waals surface area contributed by atoms with Crippen LogP contribution in [-0.2, 0) is 14.4 Å². The molecule has 6 heteroatoms. The van der Waals surface area contributed by atoms with Gasteiger partial charge in [-0.25, -0.2) is 0 Å². The van der Waals surface area contributed by atoms with E-state index in [1.54, 1.807) is 24.3 Å². The summed E-state index contributed by atoms with van der Waals surface area (Å²) in [6, 6.07) is 6.85. The lowest BCUT2D eigenvalue weighted by molar-refractivity contribution is -0.140. The lowest BCUT2D eigenvalue weighted by Crippen LogP contribution is -2.44. The van der Waals surface area contributed by atoms with Gasteiger partial charge in [0.25, 0.3) is 0 Å². The molecule has 128 valence electrons. The van der Waals surface area contributed by atoms with Crippen molar-refractivity contribution in [2.75, 3.05) is 11.6 Å². The average molecular weight is 349 g/mol. The summed E-state index contributed by atoms with van der Waals surface area (Å²) in [4.78, 5) is 40.1. The summed E-state index contributed by atoms with van der Waals surface area (Å²) in [5.74, 6) is -0.521. The smallest absolute Gasteiger partial charge is 0.234 e. The molecule has 3 atom stereocenters. The van der Waals surface area contributed by atoms with Crippen LogP contribution in [0.5, 0.6) is 0 Å². The molecule has 0 aromatic heterocycles. The molecule has 2 fully saturated rings. The zero-order valence-corrected chi connectivity index (χ0v) is 14.6. The van der Waals surface area contributed by atoms with E-state index in [0.717, 1.165) is 19.3 Å². The van der Waals surface area contributed by atoms with E-state index >= 15 is 0 Å². The quantitative estimate of drug-likeness (QED) is 0.789. The summed E-state index contributed by atoms with van der Waals surface area (Å²) in [5, 5.41) is 0.500. The second-order valence-corrected chi connectivity index (χ2v) is 7.24. The highest BCUT2D eigenvalue weighted by Crippen LogP contribution is 2.40. The molecule has 1 aromatic carbocycles. The maximum atomic E-state index is 12.7. The Morgan fingerprint density at radius 3 is 2.62 bits per heavy atom. The van der Waals surface area contributed by atoms with Crippen LogP contribution in [0.3, 0.4) is 0 Å². The van der Waals surface area contributed by atoms with Crippen molar-refractivity contribution in [2.24, 2.45) is 17.8 Å². The number of amides is 3. The number of nitrogens with zero attached hydrogens (tertiary/aromatic N) is 2. The molecule has 0 radical (unpaired) electrons. The maximum Gasteiger partial charge on any atom is 0.234 e. The molecule has 3 rings (SSSR count). The standard InChI is InChI=1S/C18H21ClN2O3/c1-11-6-7-15-16(8-11)18(24)21(17(15)23)10-20(12(2)22)14-5-3-4-13(19)9-14/h3-5,9,11,15-16H,6-8,10H2,1-2H3/t11-,15-,16-/m1/s1. The number of likely N-dealkylation sites (tertiary alicyclic amines) is 1. The van der Waals surface area contributed by atoms with Gasteiger partial charge in [0.15, 0.2) is 0 Å². The predicted molar refractivity (Wildman–Crippen MR) is 91.3 cm³/mol. The molecule has 1 aliphatic heterocycles. The van der Waals surface area contributed by atoms with Gasteiger partial charge in [-0.2, -0.15) is 0 Å². The molecule has 3 amide bonds. The first-order valence-electron chi connectivity index (χ1n) is 8.27. The van der Waals surface area contributed by atoms with Crippen LogP contribution < -0.4 is 4.90 Å². The number of hydrogen-bond donors (Lipinski definition) is 0. The number of halogens is 1. The van der Waals surface area contributed by atoms with Crippen molar-refractivity contribution in [1.82, 2.24) is 4.90 Å². The number of fused-ring (bicyclic) bond motifs is 1. The minimum atomic E-state index is -0.235. The van der Waals surface area contributed by atoms with E-state index in [0.29, 0.717) is 16.6 Å². The van der Waals surface area contributed by atoms with Gasteiger partial charge in [-0.05, 0) is 43.4 Å². The van der Waals surface area contributed by atoms with Gasteiger partial charge in [-0.1, -0.05) is 24.6 Å². The Morgan fingerprint density at radius 2 is 1.96 bits per heavy atom. The molecule has 1 heterocycles. The Hall–Kier alpha value is -1.88. The molecule has 1 aromatic rings. The van der Waals surface area contributed by atoms with E-state index in [1.807, 2.05) is 0 Å².